The number of hydrogen-bond donors (Lipinski definition) is 0. The Bertz CT molecular complexity index is 305. The van der Waals surface area contributed by atoms with Gasteiger partial charge in [-0.05, 0) is 24.0 Å². The van der Waals surface area contributed by atoms with Gasteiger partial charge in [0, 0.05) is 0 Å². The molecule has 0 heterocycles. The van der Waals surface area contributed by atoms with Gasteiger partial charge in [0.05, 0.1) is 6.21 Å². The van der Waals surface area contributed by atoms with E-state index in [1.165, 1.54) is 5.56 Å². The summed E-state index contributed by atoms with van der Waals surface area (Å²) in [4.78, 5) is 4.94. The molecule has 0 spiro atoms. The SMILES string of the molecule is CCO/N=C/c1ccccc1C(C)C. The van der Waals surface area contributed by atoms with E-state index in [4.69, 9.17) is 4.84 Å². The number of rotatable bonds is 4. The fraction of sp³-hybridized carbons (Fsp3) is 0.417. The van der Waals surface area contributed by atoms with Gasteiger partial charge in [-0.1, -0.05) is 43.3 Å². The molecule has 0 aromatic heterocycles. The van der Waals surface area contributed by atoms with E-state index in [9.17, 15) is 0 Å². The van der Waals surface area contributed by atoms with E-state index in [1.54, 1.807) is 6.21 Å². The zero-order valence-electron chi connectivity index (χ0n) is 9.03. The average Bonchev–Trinajstić information content (AvgIpc) is 2.19. The highest BCUT2D eigenvalue weighted by Crippen LogP contribution is 2.17. The maximum absolute atomic E-state index is 4.94. The number of nitrogens with zero attached hydrogens (tertiary/aromatic N) is 1. The van der Waals surface area contributed by atoms with Crippen molar-refractivity contribution in [1.29, 1.82) is 0 Å². The highest BCUT2D eigenvalue weighted by molar-refractivity contribution is 5.81. The van der Waals surface area contributed by atoms with Gasteiger partial charge >= 0.3 is 0 Å². The van der Waals surface area contributed by atoms with Crippen LogP contribution in [0.1, 0.15) is 37.8 Å². The Labute approximate surface area is 85.6 Å². The van der Waals surface area contributed by atoms with Gasteiger partial charge in [0.25, 0.3) is 0 Å². The maximum atomic E-state index is 4.94. The van der Waals surface area contributed by atoms with Crippen molar-refractivity contribution in [3.63, 3.8) is 0 Å². The van der Waals surface area contributed by atoms with Crippen molar-refractivity contribution in [3.8, 4) is 0 Å². The van der Waals surface area contributed by atoms with E-state index in [-0.39, 0.29) is 0 Å². The van der Waals surface area contributed by atoms with Gasteiger partial charge in [0.2, 0.25) is 0 Å². The molecule has 0 saturated heterocycles. The molecule has 0 aliphatic heterocycles. The van der Waals surface area contributed by atoms with Gasteiger partial charge < -0.3 is 4.84 Å². The summed E-state index contributed by atoms with van der Waals surface area (Å²) < 4.78 is 0. The summed E-state index contributed by atoms with van der Waals surface area (Å²) in [6.07, 6.45) is 1.78. The van der Waals surface area contributed by atoms with Crippen LogP contribution in [0.25, 0.3) is 0 Å². The molecule has 1 rings (SSSR count). The lowest BCUT2D eigenvalue weighted by Crippen LogP contribution is -1.95. The van der Waals surface area contributed by atoms with Crippen LogP contribution in [0.5, 0.6) is 0 Å². The second-order valence-corrected chi connectivity index (χ2v) is 3.44. The Hall–Kier alpha value is -1.31. The first-order valence-corrected chi connectivity index (χ1v) is 5.00. The molecular formula is C12H17NO. The third-order valence-corrected chi connectivity index (χ3v) is 2.01. The van der Waals surface area contributed by atoms with Crippen molar-refractivity contribution in [2.45, 2.75) is 26.7 Å². The van der Waals surface area contributed by atoms with Gasteiger partial charge in [0.1, 0.15) is 6.61 Å². The van der Waals surface area contributed by atoms with Gasteiger partial charge in [-0.25, -0.2) is 0 Å². The van der Waals surface area contributed by atoms with E-state index in [0.29, 0.717) is 12.5 Å². The highest BCUT2D eigenvalue weighted by Gasteiger charge is 2.02. The van der Waals surface area contributed by atoms with Crippen molar-refractivity contribution in [3.05, 3.63) is 35.4 Å². The van der Waals surface area contributed by atoms with Crippen molar-refractivity contribution >= 4 is 6.21 Å². The summed E-state index contributed by atoms with van der Waals surface area (Å²) in [5.41, 5.74) is 2.44. The van der Waals surface area contributed by atoms with Crippen LogP contribution in [0.3, 0.4) is 0 Å². The average molecular weight is 191 g/mol. The third kappa shape index (κ3) is 2.87. The summed E-state index contributed by atoms with van der Waals surface area (Å²) in [6.45, 7) is 6.88. The lowest BCUT2D eigenvalue weighted by Gasteiger charge is -2.08. The molecule has 0 aliphatic rings. The van der Waals surface area contributed by atoms with Gasteiger partial charge in [-0.2, -0.15) is 0 Å². The van der Waals surface area contributed by atoms with E-state index in [0.717, 1.165) is 5.56 Å². The summed E-state index contributed by atoms with van der Waals surface area (Å²) in [7, 11) is 0. The van der Waals surface area contributed by atoms with Crippen molar-refractivity contribution < 1.29 is 4.84 Å². The second kappa shape index (κ2) is 5.43. The Balaban J connectivity index is 2.84. The quantitative estimate of drug-likeness (QED) is 0.529. The van der Waals surface area contributed by atoms with Crippen molar-refractivity contribution in [1.82, 2.24) is 0 Å². The summed E-state index contributed by atoms with van der Waals surface area (Å²) >= 11 is 0. The first kappa shape index (κ1) is 10.8. The Morgan fingerprint density at radius 3 is 2.71 bits per heavy atom. The molecule has 0 atom stereocenters. The summed E-state index contributed by atoms with van der Waals surface area (Å²) in [6, 6.07) is 8.24. The van der Waals surface area contributed by atoms with E-state index >= 15 is 0 Å². The largest absolute Gasteiger partial charge is 0.396 e. The monoisotopic (exact) mass is 191 g/mol. The molecule has 0 aliphatic carbocycles. The molecule has 2 heteroatoms. The molecular weight excluding hydrogens is 174 g/mol. The predicted octanol–water partition coefficient (Wildman–Crippen LogP) is 3.18. The number of hydrogen-bond acceptors (Lipinski definition) is 2. The zero-order chi connectivity index (χ0) is 10.4. The lowest BCUT2D eigenvalue weighted by atomic mass is 9.98. The van der Waals surface area contributed by atoms with E-state index in [1.807, 2.05) is 19.1 Å². The topological polar surface area (TPSA) is 21.6 Å². The van der Waals surface area contributed by atoms with Crippen LogP contribution in [-0.4, -0.2) is 12.8 Å². The first-order valence-electron chi connectivity index (χ1n) is 5.00. The minimum Gasteiger partial charge on any atom is -0.396 e. The van der Waals surface area contributed by atoms with Gasteiger partial charge in [-0.3, -0.25) is 0 Å². The minimum absolute atomic E-state index is 0.513. The molecule has 0 radical (unpaired) electrons. The van der Waals surface area contributed by atoms with Crippen molar-refractivity contribution in [2.24, 2.45) is 5.16 Å². The molecule has 0 saturated carbocycles. The Morgan fingerprint density at radius 1 is 1.36 bits per heavy atom. The van der Waals surface area contributed by atoms with Crippen LogP contribution in [0.4, 0.5) is 0 Å². The normalized spacial score (nSPS) is 11.1. The number of benzene rings is 1. The van der Waals surface area contributed by atoms with E-state index < -0.39 is 0 Å². The van der Waals surface area contributed by atoms with Gasteiger partial charge in [0.15, 0.2) is 0 Å². The van der Waals surface area contributed by atoms with Crippen LogP contribution < -0.4 is 0 Å². The first-order chi connectivity index (χ1) is 6.75. The molecule has 0 fully saturated rings. The zero-order valence-corrected chi connectivity index (χ0v) is 9.03. The Kier molecular flexibility index (Phi) is 4.17. The third-order valence-electron chi connectivity index (χ3n) is 2.01. The second-order valence-electron chi connectivity index (χ2n) is 3.44. The van der Waals surface area contributed by atoms with E-state index in [2.05, 4.69) is 31.1 Å². The fourth-order valence-corrected chi connectivity index (χ4v) is 1.32. The van der Waals surface area contributed by atoms with Crippen LogP contribution in [0.15, 0.2) is 29.4 Å². The molecule has 76 valence electrons. The number of oxime groups is 1. The minimum atomic E-state index is 0.513. The molecule has 0 bridgehead atoms. The lowest BCUT2D eigenvalue weighted by molar-refractivity contribution is 0.160. The van der Waals surface area contributed by atoms with Crippen LogP contribution in [0.2, 0.25) is 0 Å². The molecule has 1 aromatic carbocycles. The summed E-state index contributed by atoms with van der Waals surface area (Å²) in [5.74, 6) is 0.513. The maximum Gasteiger partial charge on any atom is 0.114 e. The summed E-state index contributed by atoms with van der Waals surface area (Å²) in [5, 5.41) is 3.88. The van der Waals surface area contributed by atoms with Crippen LogP contribution in [-0.2, 0) is 4.84 Å². The molecule has 0 amide bonds. The molecule has 0 N–H and O–H groups in total. The molecule has 1 aromatic rings. The molecule has 0 unspecified atom stereocenters. The fourth-order valence-electron chi connectivity index (χ4n) is 1.32. The smallest absolute Gasteiger partial charge is 0.114 e. The molecule has 14 heavy (non-hydrogen) atoms. The highest BCUT2D eigenvalue weighted by atomic mass is 16.6. The standard InChI is InChI=1S/C12H17NO/c1-4-14-13-9-11-7-5-6-8-12(11)10(2)3/h5-10H,4H2,1-3H3/b13-9+. The van der Waals surface area contributed by atoms with Gasteiger partial charge in [-0.15, -0.1) is 0 Å². The van der Waals surface area contributed by atoms with Crippen LogP contribution >= 0.6 is 0 Å². The molecule has 2 nitrogen and oxygen atoms in total. The van der Waals surface area contributed by atoms with Crippen molar-refractivity contribution in [2.75, 3.05) is 6.61 Å². The predicted molar refractivity (Wildman–Crippen MR) is 59.8 cm³/mol. The van der Waals surface area contributed by atoms with Crippen LogP contribution in [0, 0.1) is 0 Å². The Morgan fingerprint density at radius 2 is 2.07 bits per heavy atom.